The Morgan fingerprint density at radius 1 is 1.23 bits per heavy atom. The zero-order valence-electron chi connectivity index (χ0n) is 12.5. The van der Waals surface area contributed by atoms with Crippen LogP contribution in [-0.4, -0.2) is 44.5 Å². The van der Waals surface area contributed by atoms with Crippen LogP contribution in [0.4, 0.5) is 10.1 Å². The molecule has 1 saturated heterocycles. The number of fused-ring (bicyclic) bond motifs is 1. The second kappa shape index (κ2) is 5.62. The van der Waals surface area contributed by atoms with E-state index in [9.17, 15) is 17.6 Å². The fraction of sp³-hybridized carbons (Fsp3) is 0.533. The van der Waals surface area contributed by atoms with Gasteiger partial charge in [0.15, 0.2) is 0 Å². The van der Waals surface area contributed by atoms with E-state index >= 15 is 0 Å². The number of hydrogen-bond acceptors (Lipinski definition) is 3. The number of hydrogen-bond donors (Lipinski definition) is 0. The largest absolute Gasteiger partial charge is 0.311 e. The Bertz CT molecular complexity index is 697. The van der Waals surface area contributed by atoms with Crippen LogP contribution in [-0.2, 0) is 21.2 Å². The topological polar surface area (TPSA) is 57.7 Å². The molecule has 7 heteroatoms. The van der Waals surface area contributed by atoms with E-state index in [-0.39, 0.29) is 17.6 Å². The molecule has 0 radical (unpaired) electrons. The number of amides is 1. The summed E-state index contributed by atoms with van der Waals surface area (Å²) in [5.74, 6) is -0.546. The van der Waals surface area contributed by atoms with Crippen molar-refractivity contribution >= 4 is 21.6 Å². The monoisotopic (exact) mass is 326 g/mol. The van der Waals surface area contributed by atoms with Gasteiger partial charge in [-0.3, -0.25) is 4.79 Å². The lowest BCUT2D eigenvalue weighted by Crippen LogP contribution is -2.43. The summed E-state index contributed by atoms with van der Waals surface area (Å²) in [5.41, 5.74) is 1.65. The van der Waals surface area contributed by atoms with Gasteiger partial charge in [-0.1, -0.05) is 6.07 Å². The van der Waals surface area contributed by atoms with Crippen LogP contribution < -0.4 is 4.90 Å². The van der Waals surface area contributed by atoms with Gasteiger partial charge in [0.25, 0.3) is 0 Å². The number of carbonyl (C=O) groups excluding carboxylic acids is 1. The van der Waals surface area contributed by atoms with Crippen molar-refractivity contribution in [2.24, 2.45) is 5.92 Å². The van der Waals surface area contributed by atoms with Crippen molar-refractivity contribution in [2.75, 3.05) is 30.8 Å². The van der Waals surface area contributed by atoms with Crippen LogP contribution in [0.3, 0.4) is 0 Å². The van der Waals surface area contributed by atoms with E-state index in [1.54, 1.807) is 11.0 Å². The fourth-order valence-electron chi connectivity index (χ4n) is 3.24. The quantitative estimate of drug-likeness (QED) is 0.825. The van der Waals surface area contributed by atoms with E-state index in [1.807, 2.05) is 0 Å². The molecule has 0 bridgehead atoms. The van der Waals surface area contributed by atoms with Gasteiger partial charge in [0.1, 0.15) is 5.82 Å². The summed E-state index contributed by atoms with van der Waals surface area (Å²) in [6.07, 6.45) is 2.97. The first-order valence-electron chi connectivity index (χ1n) is 7.41. The first kappa shape index (κ1) is 15.4. The van der Waals surface area contributed by atoms with Crippen LogP contribution in [0.15, 0.2) is 18.2 Å². The highest BCUT2D eigenvalue weighted by Gasteiger charge is 2.34. The van der Waals surface area contributed by atoms with Gasteiger partial charge in [0.05, 0.1) is 6.26 Å². The third-order valence-corrected chi connectivity index (χ3v) is 5.78. The minimum Gasteiger partial charge on any atom is -0.311 e. The Balaban J connectivity index is 1.71. The third kappa shape index (κ3) is 2.87. The summed E-state index contributed by atoms with van der Waals surface area (Å²) in [6.45, 7) is 1.32. The van der Waals surface area contributed by atoms with Gasteiger partial charge in [-0.15, -0.1) is 0 Å². The van der Waals surface area contributed by atoms with Crippen LogP contribution in [0.2, 0.25) is 0 Å². The number of carbonyl (C=O) groups is 1. The minimum absolute atomic E-state index is 0.0162. The van der Waals surface area contributed by atoms with Gasteiger partial charge in [0.2, 0.25) is 15.9 Å². The molecule has 0 aliphatic carbocycles. The molecule has 5 nitrogen and oxygen atoms in total. The third-order valence-electron chi connectivity index (χ3n) is 4.48. The minimum atomic E-state index is -3.19. The van der Waals surface area contributed by atoms with Crippen molar-refractivity contribution in [1.82, 2.24) is 4.31 Å². The zero-order valence-corrected chi connectivity index (χ0v) is 13.3. The summed E-state index contributed by atoms with van der Waals surface area (Å²) < 4.78 is 37.8. The molecule has 2 aliphatic heterocycles. The first-order chi connectivity index (χ1) is 10.4. The maximum absolute atomic E-state index is 13.4. The van der Waals surface area contributed by atoms with Crippen LogP contribution in [0.1, 0.15) is 18.4 Å². The average Bonchev–Trinajstić information content (AvgIpc) is 2.88. The molecule has 3 rings (SSSR count). The van der Waals surface area contributed by atoms with Crippen molar-refractivity contribution in [2.45, 2.75) is 19.3 Å². The molecule has 2 heterocycles. The second-order valence-corrected chi connectivity index (χ2v) is 7.93. The van der Waals surface area contributed by atoms with Gasteiger partial charge in [-0.2, -0.15) is 0 Å². The van der Waals surface area contributed by atoms with E-state index in [0.717, 1.165) is 12.0 Å². The second-order valence-electron chi connectivity index (χ2n) is 5.95. The molecule has 120 valence electrons. The van der Waals surface area contributed by atoms with E-state index in [4.69, 9.17) is 0 Å². The molecule has 2 aliphatic rings. The molecule has 0 spiro atoms. The number of nitrogens with zero attached hydrogens (tertiary/aromatic N) is 2. The zero-order chi connectivity index (χ0) is 15.9. The van der Waals surface area contributed by atoms with Gasteiger partial charge in [-0.25, -0.2) is 17.1 Å². The maximum atomic E-state index is 13.4. The van der Waals surface area contributed by atoms with Crippen LogP contribution in [0.25, 0.3) is 0 Å². The highest BCUT2D eigenvalue weighted by molar-refractivity contribution is 7.88. The maximum Gasteiger partial charge on any atom is 0.230 e. The molecular formula is C15H19FN2O3S. The van der Waals surface area contributed by atoms with E-state index in [1.165, 1.54) is 22.7 Å². The van der Waals surface area contributed by atoms with Crippen molar-refractivity contribution in [3.63, 3.8) is 0 Å². The number of sulfonamides is 1. The Morgan fingerprint density at radius 2 is 1.91 bits per heavy atom. The van der Waals surface area contributed by atoms with Crippen molar-refractivity contribution in [1.29, 1.82) is 0 Å². The van der Waals surface area contributed by atoms with Crippen LogP contribution in [0, 0.1) is 11.7 Å². The van der Waals surface area contributed by atoms with E-state index in [0.29, 0.717) is 38.2 Å². The summed E-state index contributed by atoms with van der Waals surface area (Å²) in [5, 5.41) is 0. The van der Waals surface area contributed by atoms with Crippen LogP contribution in [0.5, 0.6) is 0 Å². The molecule has 1 aromatic carbocycles. The molecule has 0 N–H and O–H groups in total. The predicted octanol–water partition coefficient (Wildman–Crippen LogP) is 1.39. The van der Waals surface area contributed by atoms with Crippen molar-refractivity contribution < 1.29 is 17.6 Å². The Kier molecular flexibility index (Phi) is 3.94. The van der Waals surface area contributed by atoms with Gasteiger partial charge in [0, 0.05) is 31.2 Å². The number of halogens is 1. The Hall–Kier alpha value is -1.47. The van der Waals surface area contributed by atoms with Gasteiger partial charge >= 0.3 is 0 Å². The molecule has 22 heavy (non-hydrogen) atoms. The first-order valence-corrected chi connectivity index (χ1v) is 9.26. The molecule has 0 saturated carbocycles. The summed E-state index contributed by atoms with van der Waals surface area (Å²) >= 11 is 0. The normalized spacial score (nSPS) is 20.2. The Labute approximate surface area is 129 Å². The highest BCUT2D eigenvalue weighted by Crippen LogP contribution is 2.32. The number of benzene rings is 1. The SMILES string of the molecule is CS(=O)(=O)N1CCC(C(=O)N2CCc3ccc(F)cc32)CC1. The van der Waals surface area contributed by atoms with E-state index in [2.05, 4.69) is 0 Å². The molecule has 0 aromatic heterocycles. The number of piperidine rings is 1. The van der Waals surface area contributed by atoms with Gasteiger partial charge < -0.3 is 4.90 Å². The molecule has 1 amide bonds. The average molecular weight is 326 g/mol. The summed E-state index contributed by atoms with van der Waals surface area (Å²) in [6, 6.07) is 4.55. The van der Waals surface area contributed by atoms with Crippen molar-refractivity contribution in [3.8, 4) is 0 Å². The molecule has 1 fully saturated rings. The van der Waals surface area contributed by atoms with Gasteiger partial charge in [-0.05, 0) is 37.0 Å². The summed E-state index contributed by atoms with van der Waals surface area (Å²) in [4.78, 5) is 14.3. The predicted molar refractivity (Wildman–Crippen MR) is 81.6 cm³/mol. The van der Waals surface area contributed by atoms with Crippen molar-refractivity contribution in [3.05, 3.63) is 29.6 Å². The standard InChI is InChI=1S/C15H19FN2O3S/c1-22(20,21)17-7-4-12(5-8-17)15(19)18-9-6-11-2-3-13(16)10-14(11)18/h2-3,10,12H,4-9H2,1H3. The van der Waals surface area contributed by atoms with E-state index < -0.39 is 10.0 Å². The number of rotatable bonds is 2. The van der Waals surface area contributed by atoms with Crippen LogP contribution >= 0.6 is 0 Å². The highest BCUT2D eigenvalue weighted by atomic mass is 32.2. The Morgan fingerprint density at radius 3 is 2.55 bits per heavy atom. The molecule has 0 atom stereocenters. The lowest BCUT2D eigenvalue weighted by molar-refractivity contribution is -0.123. The fourth-order valence-corrected chi connectivity index (χ4v) is 4.11. The smallest absolute Gasteiger partial charge is 0.230 e. The molecule has 1 aromatic rings. The lowest BCUT2D eigenvalue weighted by Gasteiger charge is -2.31. The molecule has 0 unspecified atom stereocenters. The summed E-state index contributed by atoms with van der Waals surface area (Å²) in [7, 11) is -3.19. The lowest BCUT2D eigenvalue weighted by atomic mass is 9.96. The molecular weight excluding hydrogens is 307 g/mol. The number of anilines is 1.